The SMILES string of the molecule is C=C(C)C(=O)OCCc1cc(OC)ccc1COP(=O)(O)OS. The maximum Gasteiger partial charge on any atom is 0.483 e. The third kappa shape index (κ3) is 6.76. The highest BCUT2D eigenvalue weighted by molar-refractivity contribution is 7.80. The van der Waals surface area contributed by atoms with Crippen LogP contribution in [0.25, 0.3) is 0 Å². The Morgan fingerprint density at radius 2 is 2.09 bits per heavy atom. The van der Waals surface area contributed by atoms with Crippen LogP contribution >= 0.6 is 20.7 Å². The number of benzene rings is 1. The number of ether oxygens (including phenoxy) is 2. The van der Waals surface area contributed by atoms with Crippen LogP contribution in [-0.2, 0) is 35.6 Å². The molecule has 1 atom stereocenters. The average molecular weight is 362 g/mol. The van der Waals surface area contributed by atoms with Crippen LogP contribution in [0.15, 0.2) is 30.4 Å². The van der Waals surface area contributed by atoms with E-state index >= 15 is 0 Å². The molecule has 0 aliphatic carbocycles. The summed E-state index contributed by atoms with van der Waals surface area (Å²) < 4.78 is 30.3. The lowest BCUT2D eigenvalue weighted by molar-refractivity contribution is -0.138. The van der Waals surface area contributed by atoms with E-state index in [-0.39, 0.29) is 13.2 Å². The minimum absolute atomic E-state index is 0.131. The zero-order valence-electron chi connectivity index (χ0n) is 12.9. The van der Waals surface area contributed by atoms with E-state index < -0.39 is 13.8 Å². The Hall–Kier alpha value is -1.31. The first-order valence-corrected chi connectivity index (χ1v) is 8.44. The molecule has 1 unspecified atom stereocenters. The molecular formula is C14H19O7PS. The smallest absolute Gasteiger partial charge is 0.483 e. The van der Waals surface area contributed by atoms with Crippen LogP contribution in [0, 0.1) is 0 Å². The number of hydrogen-bond acceptors (Lipinski definition) is 7. The van der Waals surface area contributed by atoms with E-state index in [4.69, 9.17) is 14.0 Å². The molecule has 1 rings (SSSR count). The molecule has 128 valence electrons. The predicted octanol–water partition coefficient (Wildman–Crippen LogP) is 2.84. The lowest BCUT2D eigenvalue weighted by Crippen LogP contribution is -2.09. The number of carbonyl (C=O) groups is 1. The van der Waals surface area contributed by atoms with E-state index in [2.05, 4.69) is 23.5 Å². The quantitative estimate of drug-likeness (QED) is 0.229. The van der Waals surface area contributed by atoms with Gasteiger partial charge in [0.05, 0.1) is 20.3 Å². The minimum atomic E-state index is -4.20. The van der Waals surface area contributed by atoms with Crippen molar-refractivity contribution in [3.63, 3.8) is 0 Å². The molecule has 1 aromatic carbocycles. The molecule has 0 spiro atoms. The Morgan fingerprint density at radius 1 is 1.39 bits per heavy atom. The first kappa shape index (κ1) is 19.7. The summed E-state index contributed by atoms with van der Waals surface area (Å²) in [5.74, 6) is 0.127. The topological polar surface area (TPSA) is 91.3 Å². The summed E-state index contributed by atoms with van der Waals surface area (Å²) in [6.45, 7) is 5.02. The number of esters is 1. The minimum Gasteiger partial charge on any atom is -0.497 e. The second-order valence-electron chi connectivity index (χ2n) is 4.62. The van der Waals surface area contributed by atoms with Crippen molar-refractivity contribution in [2.24, 2.45) is 0 Å². The van der Waals surface area contributed by atoms with Crippen LogP contribution in [0.5, 0.6) is 5.75 Å². The van der Waals surface area contributed by atoms with E-state index in [1.807, 2.05) is 0 Å². The van der Waals surface area contributed by atoms with E-state index in [9.17, 15) is 14.3 Å². The van der Waals surface area contributed by atoms with Crippen molar-refractivity contribution in [3.8, 4) is 5.75 Å². The fraction of sp³-hybridized carbons (Fsp3) is 0.357. The molecule has 0 aromatic heterocycles. The van der Waals surface area contributed by atoms with Gasteiger partial charge < -0.3 is 14.4 Å². The second-order valence-corrected chi connectivity index (χ2v) is 6.47. The maximum absolute atomic E-state index is 11.4. The van der Waals surface area contributed by atoms with Crippen molar-refractivity contribution in [2.45, 2.75) is 20.0 Å². The summed E-state index contributed by atoms with van der Waals surface area (Å²) >= 11 is 3.28. The molecular weight excluding hydrogens is 343 g/mol. The Balaban J connectivity index is 2.79. The van der Waals surface area contributed by atoms with Crippen LogP contribution < -0.4 is 4.74 Å². The molecule has 0 heterocycles. The lowest BCUT2D eigenvalue weighted by Gasteiger charge is -2.13. The summed E-state index contributed by atoms with van der Waals surface area (Å²) in [6.07, 6.45) is 0.381. The van der Waals surface area contributed by atoms with Crippen LogP contribution in [0.3, 0.4) is 0 Å². The summed E-state index contributed by atoms with van der Waals surface area (Å²) in [7, 11) is -2.68. The number of thiol groups is 1. The van der Waals surface area contributed by atoms with E-state index in [1.165, 1.54) is 7.11 Å². The molecule has 23 heavy (non-hydrogen) atoms. The number of carbonyl (C=O) groups excluding carboxylic acids is 1. The van der Waals surface area contributed by atoms with Gasteiger partial charge in [0.15, 0.2) is 0 Å². The molecule has 0 radical (unpaired) electrons. The first-order valence-electron chi connectivity index (χ1n) is 6.58. The Labute approximate surface area is 140 Å². The molecule has 1 aromatic rings. The van der Waals surface area contributed by atoms with Gasteiger partial charge in [-0.3, -0.25) is 4.52 Å². The highest BCUT2D eigenvalue weighted by Gasteiger charge is 2.20. The van der Waals surface area contributed by atoms with E-state index in [0.717, 1.165) is 5.56 Å². The van der Waals surface area contributed by atoms with Gasteiger partial charge in [-0.25, -0.2) is 13.3 Å². The summed E-state index contributed by atoms with van der Waals surface area (Å²) in [4.78, 5) is 20.6. The molecule has 0 saturated carbocycles. The number of methoxy groups -OCH3 is 1. The second kappa shape index (κ2) is 9.10. The fourth-order valence-corrected chi connectivity index (χ4v) is 2.15. The molecule has 9 heteroatoms. The molecule has 0 bridgehead atoms. The van der Waals surface area contributed by atoms with Crippen molar-refractivity contribution in [1.82, 2.24) is 0 Å². The van der Waals surface area contributed by atoms with E-state index in [1.54, 1.807) is 25.1 Å². The summed E-state index contributed by atoms with van der Waals surface area (Å²) in [5.41, 5.74) is 1.70. The van der Waals surface area contributed by atoms with Crippen LogP contribution in [0.1, 0.15) is 18.1 Å². The van der Waals surface area contributed by atoms with Gasteiger partial charge in [0.2, 0.25) is 0 Å². The summed E-state index contributed by atoms with van der Waals surface area (Å²) in [6, 6.07) is 5.11. The van der Waals surface area contributed by atoms with Gasteiger partial charge in [-0.05, 0) is 43.1 Å². The lowest BCUT2D eigenvalue weighted by atomic mass is 10.1. The Kier molecular flexibility index (Phi) is 7.81. The summed E-state index contributed by atoms with van der Waals surface area (Å²) in [5, 5.41) is 0. The number of hydrogen-bond donors (Lipinski definition) is 2. The highest BCUT2D eigenvalue weighted by atomic mass is 32.1. The van der Waals surface area contributed by atoms with Gasteiger partial charge in [0.1, 0.15) is 5.75 Å². The fourth-order valence-electron chi connectivity index (χ4n) is 1.65. The number of phosphoric ester groups is 1. The van der Waals surface area contributed by atoms with Crippen LogP contribution in [-0.4, -0.2) is 24.6 Å². The van der Waals surface area contributed by atoms with Gasteiger partial charge in [0, 0.05) is 12.0 Å². The predicted molar refractivity (Wildman–Crippen MR) is 87.2 cm³/mol. The first-order chi connectivity index (χ1) is 10.8. The van der Waals surface area contributed by atoms with Gasteiger partial charge >= 0.3 is 13.8 Å². The highest BCUT2D eigenvalue weighted by Crippen LogP contribution is 2.45. The van der Waals surface area contributed by atoms with Crippen molar-refractivity contribution in [2.75, 3.05) is 13.7 Å². The molecule has 0 aliphatic rings. The number of rotatable bonds is 9. The van der Waals surface area contributed by atoms with Crippen molar-refractivity contribution in [3.05, 3.63) is 41.5 Å². The largest absolute Gasteiger partial charge is 0.497 e. The third-order valence-corrected chi connectivity index (χ3v) is 4.13. The van der Waals surface area contributed by atoms with Crippen molar-refractivity contribution in [1.29, 1.82) is 0 Å². The Morgan fingerprint density at radius 3 is 2.65 bits per heavy atom. The molecule has 0 amide bonds. The molecule has 7 nitrogen and oxygen atoms in total. The van der Waals surface area contributed by atoms with Gasteiger partial charge in [-0.15, -0.1) is 0 Å². The van der Waals surface area contributed by atoms with Crippen molar-refractivity contribution < 1.29 is 32.2 Å². The standard InChI is InChI=1S/C14H19O7PS/c1-10(2)14(15)19-7-6-11-8-13(18-3)5-4-12(11)9-20-22(16,17)21-23/h4-5,8,23H,1,6-7,9H2,2-3H3,(H,16,17). The molecule has 0 fully saturated rings. The van der Waals surface area contributed by atoms with Crippen LogP contribution in [0.4, 0.5) is 0 Å². The third-order valence-electron chi connectivity index (χ3n) is 2.85. The Bertz CT molecular complexity index is 617. The van der Waals surface area contributed by atoms with Crippen LogP contribution in [0.2, 0.25) is 0 Å². The molecule has 0 saturated heterocycles. The van der Waals surface area contributed by atoms with E-state index in [0.29, 0.717) is 23.3 Å². The zero-order chi connectivity index (χ0) is 17.5. The molecule has 0 aliphatic heterocycles. The van der Waals surface area contributed by atoms with Gasteiger partial charge in [-0.1, -0.05) is 12.6 Å². The average Bonchev–Trinajstić information content (AvgIpc) is 2.53. The number of phosphoric acid groups is 1. The van der Waals surface area contributed by atoms with Crippen molar-refractivity contribution >= 4 is 26.7 Å². The van der Waals surface area contributed by atoms with Gasteiger partial charge in [-0.2, -0.15) is 0 Å². The molecule has 1 N–H and O–H groups in total. The zero-order valence-corrected chi connectivity index (χ0v) is 14.6. The van der Waals surface area contributed by atoms with Gasteiger partial charge in [0.25, 0.3) is 0 Å². The normalized spacial score (nSPS) is 13.2. The maximum atomic E-state index is 11.4. The monoisotopic (exact) mass is 362 g/mol.